The predicted octanol–water partition coefficient (Wildman–Crippen LogP) is 6.22. The summed E-state index contributed by atoms with van der Waals surface area (Å²) in [7, 11) is 0. The second-order valence-corrected chi connectivity index (χ2v) is 8.78. The summed E-state index contributed by atoms with van der Waals surface area (Å²) in [4.78, 5) is 0. The maximum absolute atomic E-state index is 5.80. The number of nitrogens with one attached hydrogen (secondary N) is 2. The van der Waals surface area contributed by atoms with Crippen molar-refractivity contribution in [3.05, 3.63) is 0 Å². The predicted molar refractivity (Wildman–Crippen MR) is 130 cm³/mol. The molecule has 0 unspecified atom stereocenters. The first kappa shape index (κ1) is 30.1. The zero-order valence-electron chi connectivity index (χ0n) is 20.9. The maximum Gasteiger partial charge on any atom is 0.00390 e. The SMILES string of the molecule is CC.CC.CC(C)C1CCC(N)CC1.CC1CCNCC1.CC1CCNCC1. The molecular weight excluding hydrogens is 342 g/mol. The molecule has 0 amide bonds. The Bertz CT molecular complexity index is 258. The van der Waals surface area contributed by atoms with Crippen molar-refractivity contribution in [1.29, 1.82) is 0 Å². The molecule has 3 aliphatic rings. The van der Waals surface area contributed by atoms with E-state index in [1.165, 1.54) is 77.5 Å². The molecule has 0 radical (unpaired) electrons. The number of hydrogen-bond donors (Lipinski definition) is 3. The van der Waals surface area contributed by atoms with Gasteiger partial charge in [-0.05, 0) is 101 Å². The van der Waals surface area contributed by atoms with Crippen molar-refractivity contribution in [2.75, 3.05) is 26.2 Å². The van der Waals surface area contributed by atoms with Crippen LogP contribution < -0.4 is 16.4 Å². The fourth-order valence-corrected chi connectivity index (χ4v) is 3.74. The zero-order chi connectivity index (χ0) is 21.8. The second kappa shape index (κ2) is 21.6. The quantitative estimate of drug-likeness (QED) is 0.490. The Kier molecular flexibility index (Phi) is 23.2. The van der Waals surface area contributed by atoms with Crippen LogP contribution in [0.5, 0.6) is 0 Å². The van der Waals surface area contributed by atoms with Gasteiger partial charge in [0.15, 0.2) is 0 Å². The lowest BCUT2D eigenvalue weighted by molar-refractivity contribution is 0.259. The van der Waals surface area contributed by atoms with E-state index in [0.29, 0.717) is 6.04 Å². The maximum atomic E-state index is 5.80. The largest absolute Gasteiger partial charge is 0.328 e. The molecular formula is C25H57N3. The molecule has 3 rings (SSSR count). The molecule has 1 aliphatic carbocycles. The minimum atomic E-state index is 0.509. The Balaban J connectivity index is 0. The Hall–Kier alpha value is -0.120. The van der Waals surface area contributed by atoms with Crippen LogP contribution in [0.3, 0.4) is 0 Å². The van der Waals surface area contributed by atoms with Crippen molar-refractivity contribution in [2.45, 2.75) is 113 Å². The molecule has 3 heteroatoms. The van der Waals surface area contributed by atoms with Gasteiger partial charge < -0.3 is 16.4 Å². The Morgan fingerprint density at radius 3 is 1.14 bits per heavy atom. The second-order valence-electron chi connectivity index (χ2n) is 8.78. The molecule has 0 aromatic rings. The fourth-order valence-electron chi connectivity index (χ4n) is 3.74. The fraction of sp³-hybridized carbons (Fsp3) is 1.00. The van der Waals surface area contributed by atoms with Gasteiger partial charge in [-0.25, -0.2) is 0 Å². The van der Waals surface area contributed by atoms with Crippen LogP contribution in [0.15, 0.2) is 0 Å². The van der Waals surface area contributed by atoms with E-state index >= 15 is 0 Å². The third-order valence-electron chi connectivity index (χ3n) is 6.01. The van der Waals surface area contributed by atoms with E-state index in [9.17, 15) is 0 Å². The van der Waals surface area contributed by atoms with Gasteiger partial charge in [-0.2, -0.15) is 0 Å². The highest BCUT2D eigenvalue weighted by Crippen LogP contribution is 2.28. The van der Waals surface area contributed by atoms with Crippen LogP contribution in [0.2, 0.25) is 0 Å². The summed E-state index contributed by atoms with van der Waals surface area (Å²) >= 11 is 0. The Labute approximate surface area is 179 Å². The summed E-state index contributed by atoms with van der Waals surface area (Å²) in [5, 5.41) is 6.63. The summed E-state index contributed by atoms with van der Waals surface area (Å²) in [5.74, 6) is 3.77. The van der Waals surface area contributed by atoms with Crippen LogP contribution in [-0.4, -0.2) is 32.2 Å². The molecule has 4 N–H and O–H groups in total. The van der Waals surface area contributed by atoms with Gasteiger partial charge in [-0.3, -0.25) is 0 Å². The third kappa shape index (κ3) is 17.9. The molecule has 0 bridgehead atoms. The van der Waals surface area contributed by atoms with E-state index in [-0.39, 0.29) is 0 Å². The van der Waals surface area contributed by atoms with E-state index in [1.807, 2.05) is 27.7 Å². The highest BCUT2D eigenvalue weighted by Gasteiger charge is 2.20. The topological polar surface area (TPSA) is 50.1 Å². The lowest BCUT2D eigenvalue weighted by Gasteiger charge is -2.28. The third-order valence-corrected chi connectivity index (χ3v) is 6.01. The van der Waals surface area contributed by atoms with Gasteiger partial charge >= 0.3 is 0 Å². The smallest absolute Gasteiger partial charge is 0.00390 e. The molecule has 3 nitrogen and oxygen atoms in total. The number of piperidine rings is 2. The van der Waals surface area contributed by atoms with Gasteiger partial charge in [0, 0.05) is 6.04 Å². The average Bonchev–Trinajstić information content (AvgIpc) is 2.73. The van der Waals surface area contributed by atoms with E-state index in [4.69, 9.17) is 5.73 Å². The molecule has 0 atom stereocenters. The van der Waals surface area contributed by atoms with Crippen LogP contribution in [0.25, 0.3) is 0 Å². The number of hydrogen-bond acceptors (Lipinski definition) is 3. The minimum Gasteiger partial charge on any atom is -0.328 e. The number of nitrogens with two attached hydrogens (primary N) is 1. The van der Waals surface area contributed by atoms with Gasteiger partial charge in [0.2, 0.25) is 0 Å². The summed E-state index contributed by atoms with van der Waals surface area (Å²) < 4.78 is 0. The van der Waals surface area contributed by atoms with E-state index in [2.05, 4.69) is 38.3 Å². The Morgan fingerprint density at radius 1 is 0.607 bits per heavy atom. The van der Waals surface area contributed by atoms with E-state index < -0.39 is 0 Å². The highest BCUT2D eigenvalue weighted by atomic mass is 14.9. The molecule has 2 saturated heterocycles. The average molecular weight is 400 g/mol. The number of rotatable bonds is 1. The lowest BCUT2D eigenvalue weighted by Crippen LogP contribution is -2.28. The minimum absolute atomic E-state index is 0.509. The first-order chi connectivity index (χ1) is 13.5. The summed E-state index contributed by atoms with van der Waals surface area (Å²) in [6.45, 7) is 22.2. The van der Waals surface area contributed by atoms with Crippen molar-refractivity contribution in [2.24, 2.45) is 29.4 Å². The molecule has 0 aromatic heterocycles. The molecule has 2 heterocycles. The van der Waals surface area contributed by atoms with Gasteiger partial charge in [-0.1, -0.05) is 55.4 Å². The van der Waals surface area contributed by atoms with Gasteiger partial charge in [0.1, 0.15) is 0 Å². The lowest BCUT2D eigenvalue weighted by atomic mass is 9.80. The molecule has 3 fully saturated rings. The Morgan fingerprint density at radius 2 is 0.929 bits per heavy atom. The molecule has 28 heavy (non-hydrogen) atoms. The highest BCUT2D eigenvalue weighted by molar-refractivity contribution is 4.75. The van der Waals surface area contributed by atoms with Gasteiger partial charge in [0.05, 0.1) is 0 Å². The van der Waals surface area contributed by atoms with Crippen LogP contribution >= 0.6 is 0 Å². The summed E-state index contributed by atoms with van der Waals surface area (Å²) in [6.07, 6.45) is 10.7. The van der Waals surface area contributed by atoms with Gasteiger partial charge in [0.25, 0.3) is 0 Å². The standard InChI is InChI=1S/C9H19N.2C6H13N.2C2H6/c1-7(2)8-3-5-9(10)6-4-8;2*1-6-2-4-7-5-3-6;2*1-2/h7-9H,3-6,10H2,1-2H3;2*6-7H,2-5H2,1H3;2*1-2H3. The molecule has 1 saturated carbocycles. The van der Waals surface area contributed by atoms with Crippen LogP contribution in [0, 0.1) is 23.7 Å². The van der Waals surface area contributed by atoms with E-state index in [0.717, 1.165) is 23.7 Å². The van der Waals surface area contributed by atoms with Crippen LogP contribution in [0.4, 0.5) is 0 Å². The first-order valence-electron chi connectivity index (χ1n) is 12.7. The van der Waals surface area contributed by atoms with Crippen molar-refractivity contribution < 1.29 is 0 Å². The molecule has 2 aliphatic heterocycles. The van der Waals surface area contributed by atoms with Gasteiger partial charge in [-0.15, -0.1) is 0 Å². The van der Waals surface area contributed by atoms with Crippen LogP contribution in [0.1, 0.15) is 107 Å². The van der Waals surface area contributed by atoms with Crippen LogP contribution in [-0.2, 0) is 0 Å². The van der Waals surface area contributed by atoms with Crippen molar-refractivity contribution >= 4 is 0 Å². The van der Waals surface area contributed by atoms with Crippen molar-refractivity contribution in [3.8, 4) is 0 Å². The molecule has 0 spiro atoms. The zero-order valence-corrected chi connectivity index (χ0v) is 20.9. The summed E-state index contributed by atoms with van der Waals surface area (Å²) in [6, 6.07) is 0.509. The van der Waals surface area contributed by atoms with Crippen molar-refractivity contribution in [3.63, 3.8) is 0 Å². The summed E-state index contributed by atoms with van der Waals surface area (Å²) in [5.41, 5.74) is 5.80. The molecule has 0 aromatic carbocycles. The van der Waals surface area contributed by atoms with E-state index in [1.54, 1.807) is 0 Å². The normalized spacial score (nSPS) is 25.5. The van der Waals surface area contributed by atoms with Crippen molar-refractivity contribution in [1.82, 2.24) is 10.6 Å². The molecule has 172 valence electrons. The first-order valence-corrected chi connectivity index (χ1v) is 12.7. The monoisotopic (exact) mass is 399 g/mol.